The second kappa shape index (κ2) is 10.7. The van der Waals surface area contributed by atoms with Gasteiger partial charge in [-0.2, -0.15) is 0 Å². The number of nitro groups is 1. The molecule has 194 valence electrons. The summed E-state index contributed by atoms with van der Waals surface area (Å²) in [5.41, 5.74) is 2.36. The van der Waals surface area contributed by atoms with Gasteiger partial charge in [0.25, 0.3) is 11.6 Å². The molecular formula is C25H19ClFN5O5S. The molecule has 4 aromatic rings. The number of carbonyl (C=O) groups is 1. The van der Waals surface area contributed by atoms with Gasteiger partial charge in [-0.3, -0.25) is 20.2 Å². The van der Waals surface area contributed by atoms with Gasteiger partial charge in [-0.1, -0.05) is 11.6 Å². The first-order valence-electron chi connectivity index (χ1n) is 11.4. The van der Waals surface area contributed by atoms with Crippen LogP contribution in [0.25, 0.3) is 22.6 Å². The molecular weight excluding hydrogens is 537 g/mol. The van der Waals surface area contributed by atoms with Crippen LogP contribution in [-0.4, -0.2) is 47.2 Å². The van der Waals surface area contributed by atoms with Gasteiger partial charge in [0.2, 0.25) is 5.89 Å². The van der Waals surface area contributed by atoms with E-state index in [9.17, 15) is 19.3 Å². The summed E-state index contributed by atoms with van der Waals surface area (Å²) < 4.78 is 24.5. The number of fused-ring (bicyclic) bond motifs is 1. The van der Waals surface area contributed by atoms with Crippen LogP contribution in [0.15, 0.2) is 59.0 Å². The van der Waals surface area contributed by atoms with E-state index in [0.717, 1.165) is 0 Å². The molecule has 2 N–H and O–H groups in total. The van der Waals surface area contributed by atoms with Gasteiger partial charge in [-0.05, 0) is 54.7 Å². The fourth-order valence-corrected chi connectivity index (χ4v) is 4.47. The molecule has 1 aromatic heterocycles. The van der Waals surface area contributed by atoms with Gasteiger partial charge in [-0.15, -0.1) is 0 Å². The molecule has 13 heteroatoms. The van der Waals surface area contributed by atoms with Crippen LogP contribution in [0.5, 0.6) is 0 Å². The third-order valence-electron chi connectivity index (χ3n) is 5.82. The number of halogens is 2. The van der Waals surface area contributed by atoms with E-state index in [-0.39, 0.29) is 27.3 Å². The Balaban J connectivity index is 1.34. The summed E-state index contributed by atoms with van der Waals surface area (Å²) in [7, 11) is 0. The molecule has 10 nitrogen and oxygen atoms in total. The first-order chi connectivity index (χ1) is 18.3. The molecule has 1 amide bonds. The van der Waals surface area contributed by atoms with E-state index in [2.05, 4.69) is 15.6 Å². The number of benzene rings is 3. The van der Waals surface area contributed by atoms with Gasteiger partial charge < -0.3 is 19.4 Å². The minimum absolute atomic E-state index is 0.0147. The Hall–Kier alpha value is -4.13. The molecule has 0 radical (unpaired) electrons. The minimum Gasteiger partial charge on any atom is -0.436 e. The largest absolute Gasteiger partial charge is 0.436 e. The van der Waals surface area contributed by atoms with Crippen LogP contribution < -0.4 is 15.5 Å². The van der Waals surface area contributed by atoms with Gasteiger partial charge in [0, 0.05) is 30.9 Å². The summed E-state index contributed by atoms with van der Waals surface area (Å²) in [6.07, 6.45) is 0. The average molecular weight is 556 g/mol. The number of hydrogen-bond donors (Lipinski definition) is 2. The minimum atomic E-state index is -0.594. The van der Waals surface area contributed by atoms with Gasteiger partial charge in [0.15, 0.2) is 10.7 Å². The van der Waals surface area contributed by atoms with Crippen molar-refractivity contribution in [3.8, 4) is 11.5 Å². The van der Waals surface area contributed by atoms with Crippen molar-refractivity contribution in [1.29, 1.82) is 0 Å². The lowest BCUT2D eigenvalue weighted by molar-refractivity contribution is -0.384. The molecule has 1 aliphatic rings. The Morgan fingerprint density at radius 3 is 2.66 bits per heavy atom. The molecule has 1 aliphatic heterocycles. The number of rotatable bonds is 5. The molecule has 5 rings (SSSR count). The molecule has 0 atom stereocenters. The number of hydrogen-bond acceptors (Lipinski definition) is 8. The SMILES string of the molecule is O=C(NC(=S)Nc1ccc2oc(-c3ccc(F)cc3Cl)nc2c1)c1cc([N+](=O)[O-])ccc1N1CCOCC1. The van der Waals surface area contributed by atoms with Gasteiger partial charge in [0.05, 0.1) is 40.0 Å². The highest BCUT2D eigenvalue weighted by Gasteiger charge is 2.23. The Morgan fingerprint density at radius 1 is 1.13 bits per heavy atom. The highest BCUT2D eigenvalue weighted by Crippen LogP contribution is 2.31. The summed E-state index contributed by atoms with van der Waals surface area (Å²) >= 11 is 11.4. The first-order valence-corrected chi connectivity index (χ1v) is 12.2. The summed E-state index contributed by atoms with van der Waals surface area (Å²) in [6, 6.07) is 13.0. The number of anilines is 2. The van der Waals surface area contributed by atoms with E-state index >= 15 is 0 Å². The second-order valence-electron chi connectivity index (χ2n) is 8.29. The van der Waals surface area contributed by atoms with Crippen molar-refractivity contribution in [3.63, 3.8) is 0 Å². The van der Waals surface area contributed by atoms with Crippen molar-refractivity contribution in [1.82, 2.24) is 10.3 Å². The number of morpholine rings is 1. The van der Waals surface area contributed by atoms with Crippen LogP contribution in [0, 0.1) is 15.9 Å². The molecule has 1 fully saturated rings. The molecule has 2 heterocycles. The van der Waals surface area contributed by atoms with Crippen molar-refractivity contribution >= 4 is 63.0 Å². The van der Waals surface area contributed by atoms with Crippen molar-refractivity contribution < 1.29 is 23.3 Å². The van der Waals surface area contributed by atoms with E-state index in [1.807, 2.05) is 4.90 Å². The highest BCUT2D eigenvalue weighted by molar-refractivity contribution is 7.80. The molecule has 0 saturated carbocycles. The summed E-state index contributed by atoms with van der Waals surface area (Å²) in [5, 5.41) is 17.0. The summed E-state index contributed by atoms with van der Waals surface area (Å²) in [5.74, 6) is -0.845. The van der Waals surface area contributed by atoms with Crippen LogP contribution >= 0.6 is 23.8 Å². The Bertz CT molecular complexity index is 1570. The number of amides is 1. The number of nitrogens with zero attached hydrogens (tertiary/aromatic N) is 3. The maximum Gasteiger partial charge on any atom is 0.270 e. The molecule has 38 heavy (non-hydrogen) atoms. The number of non-ortho nitro benzene ring substituents is 1. The van der Waals surface area contributed by atoms with E-state index in [4.69, 9.17) is 33.0 Å². The Morgan fingerprint density at radius 2 is 1.92 bits per heavy atom. The number of nitrogens with one attached hydrogen (secondary N) is 2. The number of oxazole rings is 1. The molecule has 0 aliphatic carbocycles. The van der Waals surface area contributed by atoms with E-state index in [0.29, 0.717) is 54.3 Å². The second-order valence-corrected chi connectivity index (χ2v) is 9.11. The normalized spacial score (nSPS) is 13.4. The van der Waals surface area contributed by atoms with Crippen molar-refractivity contribution in [2.75, 3.05) is 36.5 Å². The number of nitro benzene ring substituents is 1. The summed E-state index contributed by atoms with van der Waals surface area (Å²) in [4.78, 5) is 30.2. The lowest BCUT2D eigenvalue weighted by Crippen LogP contribution is -2.39. The van der Waals surface area contributed by atoms with Crippen LogP contribution in [0.3, 0.4) is 0 Å². The zero-order valence-corrected chi connectivity index (χ0v) is 21.1. The smallest absolute Gasteiger partial charge is 0.270 e. The topological polar surface area (TPSA) is 123 Å². The maximum atomic E-state index is 13.4. The van der Waals surface area contributed by atoms with Crippen LogP contribution in [0.1, 0.15) is 10.4 Å². The third-order valence-corrected chi connectivity index (χ3v) is 6.34. The Labute approximate surface area is 225 Å². The lowest BCUT2D eigenvalue weighted by Gasteiger charge is -2.30. The summed E-state index contributed by atoms with van der Waals surface area (Å²) in [6.45, 7) is 2.06. The van der Waals surface area contributed by atoms with E-state index in [1.54, 1.807) is 24.3 Å². The first kappa shape index (κ1) is 25.5. The van der Waals surface area contributed by atoms with Crippen molar-refractivity contribution in [2.24, 2.45) is 0 Å². The zero-order valence-electron chi connectivity index (χ0n) is 19.6. The predicted molar refractivity (Wildman–Crippen MR) is 144 cm³/mol. The molecule has 1 saturated heterocycles. The lowest BCUT2D eigenvalue weighted by atomic mass is 10.1. The fraction of sp³-hybridized carbons (Fsp3) is 0.160. The van der Waals surface area contributed by atoms with E-state index < -0.39 is 16.6 Å². The van der Waals surface area contributed by atoms with Crippen molar-refractivity contribution in [3.05, 3.63) is 81.1 Å². The monoisotopic (exact) mass is 555 g/mol. The predicted octanol–water partition coefficient (Wildman–Crippen LogP) is 5.16. The molecule has 3 aromatic carbocycles. The van der Waals surface area contributed by atoms with Gasteiger partial charge >= 0.3 is 0 Å². The van der Waals surface area contributed by atoms with Crippen LogP contribution in [-0.2, 0) is 4.74 Å². The quantitative estimate of drug-likeness (QED) is 0.195. The highest BCUT2D eigenvalue weighted by atomic mass is 35.5. The van der Waals surface area contributed by atoms with Crippen molar-refractivity contribution in [2.45, 2.75) is 0 Å². The average Bonchev–Trinajstić information content (AvgIpc) is 3.31. The number of aromatic nitrogens is 1. The number of carbonyl (C=O) groups excluding carboxylic acids is 1. The van der Waals surface area contributed by atoms with Gasteiger partial charge in [-0.25, -0.2) is 9.37 Å². The molecule has 0 spiro atoms. The standard InChI is InChI=1S/C25H19ClFN5O5S/c26-19-11-14(27)1-4-17(19)24-29-20-12-15(2-6-22(20)37-24)28-25(38)30-23(33)18-13-16(32(34)35)3-5-21(18)31-7-9-36-10-8-31/h1-6,11-13H,7-10H2,(H2,28,30,33,38). The molecule has 0 unspecified atom stereocenters. The van der Waals surface area contributed by atoms with Crippen LogP contribution in [0.2, 0.25) is 5.02 Å². The van der Waals surface area contributed by atoms with Gasteiger partial charge in [0.1, 0.15) is 11.3 Å². The third kappa shape index (κ3) is 5.42. The molecule has 0 bridgehead atoms. The fourth-order valence-electron chi connectivity index (χ4n) is 4.02. The van der Waals surface area contributed by atoms with E-state index in [1.165, 1.54) is 30.3 Å². The maximum absolute atomic E-state index is 13.4. The number of thiocarbonyl (C=S) groups is 1. The van der Waals surface area contributed by atoms with Crippen LogP contribution in [0.4, 0.5) is 21.5 Å². The Kier molecular flexibility index (Phi) is 7.18. The zero-order chi connectivity index (χ0) is 26.8. The number of ether oxygens (including phenoxy) is 1.